The normalized spacial score (nSPS) is 12.4. The molecule has 0 aliphatic rings. The van der Waals surface area contributed by atoms with Crippen LogP contribution in [0.3, 0.4) is 0 Å². The molecule has 0 saturated carbocycles. The molecular weight excluding hydrogens is 376 g/mol. The van der Waals surface area contributed by atoms with Crippen LogP contribution >= 0.6 is 0 Å². The van der Waals surface area contributed by atoms with Gasteiger partial charge in [0, 0.05) is 18.9 Å². The molecule has 0 aliphatic carbocycles. The number of carbonyl (C=O) groups excluding carboxylic acids is 1. The van der Waals surface area contributed by atoms with E-state index in [2.05, 4.69) is 0 Å². The monoisotopic (exact) mass is 396 g/mol. The Morgan fingerprint density at radius 3 is 2.07 bits per heavy atom. The molecule has 0 unspecified atom stereocenters. The van der Waals surface area contributed by atoms with Crippen molar-refractivity contribution in [2.45, 2.75) is 25.2 Å². The highest BCUT2D eigenvalue weighted by Gasteiger charge is 2.21. The summed E-state index contributed by atoms with van der Waals surface area (Å²) in [6, 6.07) is 11.1. The Bertz CT molecular complexity index is 1350. The SMILES string of the molecule is COCC(=O)Cc1cc(C)c2ccc3c(C)cc(S(=O)(=O)O)c4ccc1c2c34. The van der Waals surface area contributed by atoms with E-state index in [-0.39, 0.29) is 23.7 Å². The fourth-order valence-corrected chi connectivity index (χ4v) is 4.95. The molecule has 4 rings (SSSR count). The summed E-state index contributed by atoms with van der Waals surface area (Å²) < 4.78 is 38.7. The van der Waals surface area contributed by atoms with Crippen molar-refractivity contribution in [3.63, 3.8) is 0 Å². The topological polar surface area (TPSA) is 80.7 Å². The van der Waals surface area contributed by atoms with E-state index in [9.17, 15) is 17.8 Å². The van der Waals surface area contributed by atoms with Gasteiger partial charge in [-0.3, -0.25) is 9.35 Å². The van der Waals surface area contributed by atoms with Gasteiger partial charge < -0.3 is 4.74 Å². The zero-order valence-corrected chi connectivity index (χ0v) is 16.7. The lowest BCUT2D eigenvalue weighted by molar-refractivity contribution is -0.121. The standard InChI is InChI=1S/C22H20O5S/c1-12-8-14(10-15(23)11-27-3)18-6-7-19-20(28(24,25)26)9-13(2)17-5-4-16(12)21(18)22(17)19/h4-9H,10-11H2,1-3H3,(H,24,25,26). The molecule has 5 nitrogen and oxygen atoms in total. The van der Waals surface area contributed by atoms with Crippen LogP contribution in [-0.2, 0) is 26.1 Å². The van der Waals surface area contributed by atoms with E-state index < -0.39 is 10.1 Å². The second-order valence-electron chi connectivity index (χ2n) is 7.24. The summed E-state index contributed by atoms with van der Waals surface area (Å²) in [6.07, 6.45) is 0.243. The van der Waals surface area contributed by atoms with Gasteiger partial charge in [0.1, 0.15) is 11.5 Å². The first-order valence-electron chi connectivity index (χ1n) is 8.91. The van der Waals surface area contributed by atoms with E-state index >= 15 is 0 Å². The molecule has 4 aromatic carbocycles. The largest absolute Gasteiger partial charge is 0.377 e. The lowest BCUT2D eigenvalue weighted by atomic mass is 9.87. The summed E-state index contributed by atoms with van der Waals surface area (Å²) in [4.78, 5) is 12.1. The molecule has 0 aromatic heterocycles. The van der Waals surface area contributed by atoms with Crippen molar-refractivity contribution in [3.05, 3.63) is 53.1 Å². The molecule has 0 saturated heterocycles. The summed E-state index contributed by atoms with van der Waals surface area (Å²) in [7, 11) is -2.87. The number of ketones is 1. The quantitative estimate of drug-likeness (QED) is 0.404. The summed E-state index contributed by atoms with van der Waals surface area (Å²) in [5.41, 5.74) is 2.67. The summed E-state index contributed by atoms with van der Waals surface area (Å²) >= 11 is 0. The van der Waals surface area contributed by atoms with Crippen molar-refractivity contribution in [3.8, 4) is 0 Å². The Morgan fingerprint density at radius 2 is 1.46 bits per heavy atom. The Hall–Kier alpha value is -2.54. The second kappa shape index (κ2) is 6.51. The zero-order valence-electron chi connectivity index (χ0n) is 15.9. The van der Waals surface area contributed by atoms with Gasteiger partial charge in [0.05, 0.1) is 0 Å². The molecule has 0 radical (unpaired) electrons. The fraction of sp³-hybridized carbons (Fsp3) is 0.227. The van der Waals surface area contributed by atoms with Crippen molar-refractivity contribution >= 4 is 48.2 Å². The zero-order chi connectivity index (χ0) is 20.2. The predicted octanol–water partition coefficient (Wildman–Crippen LogP) is 4.21. The number of aryl methyl sites for hydroxylation is 2. The number of ether oxygens (including phenoxy) is 1. The van der Waals surface area contributed by atoms with Crippen molar-refractivity contribution in [1.82, 2.24) is 0 Å². The number of hydrogen-bond donors (Lipinski definition) is 1. The third-order valence-corrected chi connectivity index (χ3v) is 6.22. The summed E-state index contributed by atoms with van der Waals surface area (Å²) in [5, 5.41) is 5.05. The third kappa shape index (κ3) is 2.85. The number of carbonyl (C=O) groups is 1. The maximum absolute atomic E-state index is 12.2. The number of hydrogen-bond acceptors (Lipinski definition) is 4. The van der Waals surface area contributed by atoms with E-state index in [0.29, 0.717) is 5.39 Å². The van der Waals surface area contributed by atoms with Crippen LogP contribution in [-0.4, -0.2) is 32.5 Å². The molecule has 4 aromatic rings. The Kier molecular flexibility index (Phi) is 4.38. The van der Waals surface area contributed by atoms with Crippen LogP contribution in [0.25, 0.3) is 32.3 Å². The van der Waals surface area contributed by atoms with Crippen molar-refractivity contribution in [2.24, 2.45) is 0 Å². The molecule has 0 amide bonds. The highest BCUT2D eigenvalue weighted by Crippen LogP contribution is 2.41. The van der Waals surface area contributed by atoms with E-state index in [1.165, 1.54) is 13.2 Å². The van der Waals surface area contributed by atoms with Crippen LogP contribution < -0.4 is 0 Å². The molecule has 0 fully saturated rings. The lowest BCUT2D eigenvalue weighted by Crippen LogP contribution is -2.10. The van der Waals surface area contributed by atoms with Gasteiger partial charge in [0.2, 0.25) is 0 Å². The Morgan fingerprint density at radius 1 is 0.929 bits per heavy atom. The van der Waals surface area contributed by atoms with E-state index in [4.69, 9.17) is 4.74 Å². The average molecular weight is 396 g/mol. The molecule has 6 heteroatoms. The van der Waals surface area contributed by atoms with Gasteiger partial charge in [0.25, 0.3) is 10.1 Å². The highest BCUT2D eigenvalue weighted by molar-refractivity contribution is 7.86. The molecular formula is C22H20O5S. The number of benzene rings is 4. The van der Waals surface area contributed by atoms with Crippen LogP contribution in [0.4, 0.5) is 0 Å². The first-order chi connectivity index (χ1) is 13.2. The Balaban J connectivity index is 2.17. The first kappa shape index (κ1) is 18.8. The van der Waals surface area contributed by atoms with Gasteiger partial charge in [-0.05, 0) is 63.5 Å². The molecule has 0 atom stereocenters. The maximum Gasteiger partial charge on any atom is 0.295 e. The minimum atomic E-state index is -4.37. The lowest BCUT2D eigenvalue weighted by Gasteiger charge is -2.18. The highest BCUT2D eigenvalue weighted by atomic mass is 32.2. The van der Waals surface area contributed by atoms with Crippen LogP contribution in [0.1, 0.15) is 16.7 Å². The predicted molar refractivity (Wildman–Crippen MR) is 110 cm³/mol. The van der Waals surface area contributed by atoms with Gasteiger partial charge in [0.15, 0.2) is 5.78 Å². The van der Waals surface area contributed by atoms with Gasteiger partial charge in [-0.1, -0.05) is 30.3 Å². The first-order valence-corrected chi connectivity index (χ1v) is 10.3. The summed E-state index contributed by atoms with van der Waals surface area (Å²) in [6.45, 7) is 3.86. The van der Waals surface area contributed by atoms with E-state index in [1.54, 1.807) is 6.07 Å². The number of rotatable bonds is 5. The van der Waals surface area contributed by atoms with Crippen molar-refractivity contribution in [1.29, 1.82) is 0 Å². The molecule has 1 N–H and O–H groups in total. The minimum absolute atomic E-state index is 0.0215. The molecule has 28 heavy (non-hydrogen) atoms. The van der Waals surface area contributed by atoms with Gasteiger partial charge >= 0.3 is 0 Å². The van der Waals surface area contributed by atoms with E-state index in [1.807, 2.05) is 38.1 Å². The number of methoxy groups -OCH3 is 1. The molecule has 0 spiro atoms. The van der Waals surface area contributed by atoms with Crippen LogP contribution in [0.5, 0.6) is 0 Å². The maximum atomic E-state index is 12.2. The molecule has 144 valence electrons. The van der Waals surface area contributed by atoms with Crippen molar-refractivity contribution < 1.29 is 22.5 Å². The molecule has 0 aliphatic heterocycles. The molecule has 0 heterocycles. The van der Waals surface area contributed by atoms with Gasteiger partial charge in [-0.25, -0.2) is 0 Å². The van der Waals surface area contributed by atoms with Crippen LogP contribution in [0.2, 0.25) is 0 Å². The van der Waals surface area contributed by atoms with E-state index in [0.717, 1.165) is 43.6 Å². The average Bonchev–Trinajstić information content (AvgIpc) is 2.62. The fourth-order valence-electron chi connectivity index (χ4n) is 4.18. The molecule has 0 bridgehead atoms. The van der Waals surface area contributed by atoms with Crippen LogP contribution in [0.15, 0.2) is 41.3 Å². The van der Waals surface area contributed by atoms with Crippen LogP contribution in [0, 0.1) is 13.8 Å². The summed E-state index contributed by atoms with van der Waals surface area (Å²) in [5.74, 6) is -0.0215. The smallest absolute Gasteiger partial charge is 0.295 e. The van der Waals surface area contributed by atoms with Gasteiger partial charge in [-0.2, -0.15) is 8.42 Å². The van der Waals surface area contributed by atoms with Gasteiger partial charge in [-0.15, -0.1) is 0 Å². The minimum Gasteiger partial charge on any atom is -0.377 e. The second-order valence-corrected chi connectivity index (χ2v) is 8.63. The number of Topliss-reactive ketones (excluding diaryl/α,β-unsaturated/α-hetero) is 1. The Labute approximate surface area is 163 Å². The third-order valence-electron chi connectivity index (χ3n) is 5.33. The van der Waals surface area contributed by atoms with Crippen molar-refractivity contribution in [2.75, 3.05) is 13.7 Å².